The third-order valence-electron chi connectivity index (χ3n) is 2.48. The van der Waals surface area contributed by atoms with Crippen LogP contribution in [0.4, 0.5) is 0 Å². The molecular formula is C13H20N4O2S. The van der Waals surface area contributed by atoms with Gasteiger partial charge in [-0.25, -0.2) is 18.1 Å². The van der Waals surface area contributed by atoms with E-state index in [4.69, 9.17) is 5.73 Å². The van der Waals surface area contributed by atoms with Gasteiger partial charge in [0.2, 0.25) is 10.0 Å². The first-order chi connectivity index (χ1) is 9.35. The van der Waals surface area contributed by atoms with E-state index in [9.17, 15) is 8.42 Å². The molecule has 0 aromatic heterocycles. The largest absolute Gasteiger partial charge is 0.370 e. The second kappa shape index (κ2) is 7.06. The van der Waals surface area contributed by atoms with Crippen molar-refractivity contribution in [2.45, 2.75) is 18.4 Å². The topological polar surface area (TPSA) is 96.6 Å². The monoisotopic (exact) mass is 296 g/mol. The number of sulfonamides is 1. The Kier molecular flexibility index (Phi) is 5.72. The van der Waals surface area contributed by atoms with Gasteiger partial charge >= 0.3 is 0 Å². The maximum Gasteiger partial charge on any atom is 0.240 e. The Balaban J connectivity index is 2.77. The molecule has 20 heavy (non-hydrogen) atoms. The predicted octanol–water partition coefficient (Wildman–Crippen LogP) is 0.575. The summed E-state index contributed by atoms with van der Waals surface area (Å²) in [6.45, 7) is 6.49. The fourth-order valence-corrected chi connectivity index (χ4v) is 2.20. The van der Waals surface area contributed by atoms with Crippen molar-refractivity contribution in [3.05, 3.63) is 42.0 Å². The van der Waals surface area contributed by atoms with Gasteiger partial charge in [-0.05, 0) is 31.7 Å². The van der Waals surface area contributed by atoms with Gasteiger partial charge in [0.05, 0.1) is 11.4 Å². The SMILES string of the molecule is C=C(C)CNC(N)=NCc1cccc(S(=O)(=O)NC)c1. The molecule has 0 spiro atoms. The van der Waals surface area contributed by atoms with E-state index in [-0.39, 0.29) is 4.90 Å². The minimum Gasteiger partial charge on any atom is -0.370 e. The van der Waals surface area contributed by atoms with Crippen molar-refractivity contribution < 1.29 is 8.42 Å². The Hall–Kier alpha value is -1.86. The highest BCUT2D eigenvalue weighted by Gasteiger charge is 2.10. The third-order valence-corrected chi connectivity index (χ3v) is 3.89. The first-order valence-corrected chi connectivity index (χ1v) is 7.54. The number of hydrogen-bond donors (Lipinski definition) is 3. The number of aliphatic imine (C=N–C) groups is 1. The average Bonchev–Trinajstić information content (AvgIpc) is 2.43. The lowest BCUT2D eigenvalue weighted by atomic mass is 10.2. The van der Waals surface area contributed by atoms with E-state index < -0.39 is 10.0 Å². The van der Waals surface area contributed by atoms with Gasteiger partial charge in [-0.3, -0.25) is 0 Å². The molecule has 1 rings (SSSR count). The zero-order valence-electron chi connectivity index (χ0n) is 11.7. The second-order valence-corrected chi connectivity index (χ2v) is 6.25. The maximum absolute atomic E-state index is 11.7. The van der Waals surface area contributed by atoms with E-state index >= 15 is 0 Å². The van der Waals surface area contributed by atoms with Crippen LogP contribution >= 0.6 is 0 Å². The fraction of sp³-hybridized carbons (Fsp3) is 0.308. The Morgan fingerprint density at radius 3 is 2.75 bits per heavy atom. The summed E-state index contributed by atoms with van der Waals surface area (Å²) in [5.41, 5.74) is 7.40. The zero-order valence-corrected chi connectivity index (χ0v) is 12.5. The van der Waals surface area contributed by atoms with E-state index in [0.29, 0.717) is 19.0 Å². The summed E-state index contributed by atoms with van der Waals surface area (Å²) in [5, 5.41) is 2.91. The highest BCUT2D eigenvalue weighted by atomic mass is 32.2. The summed E-state index contributed by atoms with van der Waals surface area (Å²) in [5.74, 6) is 0.301. The van der Waals surface area contributed by atoms with E-state index in [1.54, 1.807) is 18.2 Å². The molecule has 0 fully saturated rings. The molecule has 0 heterocycles. The van der Waals surface area contributed by atoms with Gasteiger partial charge in [-0.2, -0.15) is 0 Å². The lowest BCUT2D eigenvalue weighted by Crippen LogP contribution is -2.32. The number of nitrogens with one attached hydrogen (secondary N) is 2. The molecule has 1 aromatic rings. The molecule has 4 N–H and O–H groups in total. The molecule has 0 atom stereocenters. The predicted molar refractivity (Wildman–Crippen MR) is 80.8 cm³/mol. The number of rotatable bonds is 6. The fourth-order valence-electron chi connectivity index (χ4n) is 1.40. The third kappa shape index (κ3) is 5.02. The van der Waals surface area contributed by atoms with Crippen LogP contribution in [0.1, 0.15) is 12.5 Å². The van der Waals surface area contributed by atoms with Crippen molar-refractivity contribution in [2.75, 3.05) is 13.6 Å². The molecule has 0 bridgehead atoms. The molecule has 110 valence electrons. The minimum absolute atomic E-state index is 0.209. The van der Waals surface area contributed by atoms with Crippen LogP contribution in [0.3, 0.4) is 0 Å². The van der Waals surface area contributed by atoms with Crippen LogP contribution < -0.4 is 15.8 Å². The second-order valence-electron chi connectivity index (χ2n) is 4.37. The lowest BCUT2D eigenvalue weighted by Gasteiger charge is -2.06. The smallest absolute Gasteiger partial charge is 0.240 e. The van der Waals surface area contributed by atoms with Crippen molar-refractivity contribution in [1.82, 2.24) is 10.0 Å². The Bertz CT molecular complexity index is 609. The lowest BCUT2D eigenvalue weighted by molar-refractivity contribution is 0.588. The van der Waals surface area contributed by atoms with Crippen molar-refractivity contribution in [3.63, 3.8) is 0 Å². The van der Waals surface area contributed by atoms with E-state index in [1.165, 1.54) is 13.1 Å². The van der Waals surface area contributed by atoms with Gasteiger partial charge in [-0.15, -0.1) is 0 Å². The molecule has 0 amide bonds. The maximum atomic E-state index is 11.7. The van der Waals surface area contributed by atoms with Crippen LogP contribution in [0.25, 0.3) is 0 Å². The van der Waals surface area contributed by atoms with Gasteiger partial charge in [0, 0.05) is 6.54 Å². The summed E-state index contributed by atoms with van der Waals surface area (Å²) in [7, 11) is -2.06. The zero-order chi connectivity index (χ0) is 15.2. The van der Waals surface area contributed by atoms with Crippen LogP contribution in [0.2, 0.25) is 0 Å². The Morgan fingerprint density at radius 2 is 2.15 bits per heavy atom. The molecule has 0 radical (unpaired) electrons. The number of hydrogen-bond acceptors (Lipinski definition) is 3. The molecule has 0 unspecified atom stereocenters. The van der Waals surface area contributed by atoms with E-state index in [2.05, 4.69) is 21.6 Å². The first-order valence-electron chi connectivity index (χ1n) is 6.06. The van der Waals surface area contributed by atoms with E-state index in [0.717, 1.165) is 11.1 Å². The van der Waals surface area contributed by atoms with Crippen molar-refractivity contribution in [3.8, 4) is 0 Å². The highest BCUT2D eigenvalue weighted by Crippen LogP contribution is 2.11. The summed E-state index contributed by atoms with van der Waals surface area (Å²) in [6.07, 6.45) is 0. The number of nitrogens with zero attached hydrogens (tertiary/aromatic N) is 1. The number of benzene rings is 1. The average molecular weight is 296 g/mol. The standard InChI is InChI=1S/C13H20N4O2S/c1-10(2)8-16-13(14)17-9-11-5-4-6-12(7-11)20(18,19)15-3/h4-7,15H,1,8-9H2,2-3H3,(H3,14,16,17). The van der Waals surface area contributed by atoms with Crippen molar-refractivity contribution in [2.24, 2.45) is 10.7 Å². The molecule has 0 aliphatic carbocycles. The van der Waals surface area contributed by atoms with Gasteiger partial charge < -0.3 is 11.1 Å². The number of nitrogens with two attached hydrogens (primary N) is 1. The van der Waals surface area contributed by atoms with Gasteiger partial charge in [0.15, 0.2) is 5.96 Å². The Labute approximate surface area is 119 Å². The van der Waals surface area contributed by atoms with Gasteiger partial charge in [0.25, 0.3) is 0 Å². The van der Waals surface area contributed by atoms with Crippen molar-refractivity contribution >= 4 is 16.0 Å². The van der Waals surface area contributed by atoms with Crippen molar-refractivity contribution in [1.29, 1.82) is 0 Å². The Morgan fingerprint density at radius 1 is 1.45 bits per heavy atom. The highest BCUT2D eigenvalue weighted by molar-refractivity contribution is 7.89. The molecule has 0 saturated carbocycles. The van der Waals surface area contributed by atoms with Gasteiger partial charge in [0.1, 0.15) is 0 Å². The van der Waals surface area contributed by atoms with Crippen LogP contribution in [0.15, 0.2) is 46.3 Å². The number of guanidine groups is 1. The first kappa shape index (κ1) is 16.2. The van der Waals surface area contributed by atoms with Crippen LogP contribution in [0, 0.1) is 0 Å². The summed E-state index contributed by atoms with van der Waals surface area (Å²) >= 11 is 0. The summed E-state index contributed by atoms with van der Waals surface area (Å²) in [6, 6.07) is 6.57. The molecule has 0 saturated heterocycles. The molecule has 7 heteroatoms. The summed E-state index contributed by atoms with van der Waals surface area (Å²) < 4.78 is 25.6. The van der Waals surface area contributed by atoms with Crippen LogP contribution in [-0.2, 0) is 16.6 Å². The molecular weight excluding hydrogens is 276 g/mol. The van der Waals surface area contributed by atoms with Crippen LogP contribution in [-0.4, -0.2) is 28.0 Å². The minimum atomic E-state index is -3.44. The molecule has 6 nitrogen and oxygen atoms in total. The molecule has 0 aliphatic heterocycles. The summed E-state index contributed by atoms with van der Waals surface area (Å²) in [4.78, 5) is 4.35. The van der Waals surface area contributed by atoms with Gasteiger partial charge in [-0.1, -0.05) is 24.3 Å². The molecule has 0 aliphatic rings. The quantitative estimate of drug-likeness (QED) is 0.406. The van der Waals surface area contributed by atoms with E-state index in [1.807, 2.05) is 6.92 Å². The normalized spacial score (nSPS) is 12.2. The van der Waals surface area contributed by atoms with Crippen LogP contribution in [0.5, 0.6) is 0 Å². The molecule has 1 aromatic carbocycles.